The van der Waals surface area contributed by atoms with Crippen LogP contribution in [0, 0.1) is 20.8 Å². The van der Waals surface area contributed by atoms with E-state index < -0.39 is 0 Å². The zero-order chi connectivity index (χ0) is 12.3. The van der Waals surface area contributed by atoms with E-state index in [4.69, 9.17) is 0 Å². The van der Waals surface area contributed by atoms with Crippen molar-refractivity contribution in [2.24, 2.45) is 0 Å². The minimum absolute atomic E-state index is 0.942. The molecule has 1 aromatic carbocycles. The van der Waals surface area contributed by atoms with E-state index in [2.05, 4.69) is 55.3 Å². The van der Waals surface area contributed by atoms with Crippen LogP contribution in [0.4, 0.5) is 5.13 Å². The Morgan fingerprint density at radius 3 is 2.59 bits per heavy atom. The van der Waals surface area contributed by atoms with Gasteiger partial charge in [0.25, 0.3) is 0 Å². The highest BCUT2D eigenvalue weighted by Crippen LogP contribution is 2.21. The van der Waals surface area contributed by atoms with E-state index in [1.54, 1.807) is 11.3 Å². The van der Waals surface area contributed by atoms with Crippen molar-refractivity contribution >= 4 is 16.5 Å². The first kappa shape index (κ1) is 12.1. The number of thiazole rings is 1. The minimum Gasteiger partial charge on any atom is -0.361 e. The number of rotatable bonds is 4. The van der Waals surface area contributed by atoms with Gasteiger partial charge in [-0.2, -0.15) is 0 Å². The highest BCUT2D eigenvalue weighted by atomic mass is 32.1. The molecule has 0 radical (unpaired) electrons. The van der Waals surface area contributed by atoms with E-state index in [0.717, 1.165) is 23.8 Å². The smallest absolute Gasteiger partial charge is 0.183 e. The highest BCUT2D eigenvalue weighted by Gasteiger charge is 2.03. The molecule has 90 valence electrons. The van der Waals surface area contributed by atoms with Crippen LogP contribution in [0.1, 0.15) is 21.7 Å². The monoisotopic (exact) mass is 246 g/mol. The first-order valence-electron chi connectivity index (χ1n) is 5.89. The maximum absolute atomic E-state index is 4.47. The number of benzene rings is 1. The number of aryl methyl sites for hydroxylation is 3. The van der Waals surface area contributed by atoms with Crippen molar-refractivity contribution in [3.8, 4) is 0 Å². The standard InChI is InChI=1S/C14H18N2S/c1-10-6-4-5-7-13(10)8-9-15-14-16-11(2)12(3)17-14/h4-7H,8-9H2,1-3H3,(H,15,16). The third kappa shape index (κ3) is 3.07. The lowest BCUT2D eigenvalue weighted by atomic mass is 10.1. The average molecular weight is 246 g/mol. The van der Waals surface area contributed by atoms with E-state index in [9.17, 15) is 0 Å². The van der Waals surface area contributed by atoms with Gasteiger partial charge in [0.1, 0.15) is 0 Å². The van der Waals surface area contributed by atoms with E-state index in [0.29, 0.717) is 0 Å². The summed E-state index contributed by atoms with van der Waals surface area (Å²) in [6.07, 6.45) is 1.05. The second-order valence-corrected chi connectivity index (χ2v) is 5.47. The van der Waals surface area contributed by atoms with Gasteiger partial charge in [-0.3, -0.25) is 0 Å². The quantitative estimate of drug-likeness (QED) is 0.889. The zero-order valence-corrected chi connectivity index (χ0v) is 11.4. The fourth-order valence-electron chi connectivity index (χ4n) is 1.74. The van der Waals surface area contributed by atoms with Crippen molar-refractivity contribution in [1.29, 1.82) is 0 Å². The highest BCUT2D eigenvalue weighted by molar-refractivity contribution is 7.15. The molecule has 3 heteroatoms. The molecule has 0 saturated carbocycles. The Morgan fingerprint density at radius 2 is 1.94 bits per heavy atom. The third-order valence-electron chi connectivity index (χ3n) is 2.96. The first-order valence-corrected chi connectivity index (χ1v) is 6.71. The van der Waals surface area contributed by atoms with Crippen LogP contribution < -0.4 is 5.32 Å². The van der Waals surface area contributed by atoms with Crippen molar-refractivity contribution in [2.45, 2.75) is 27.2 Å². The molecule has 0 atom stereocenters. The van der Waals surface area contributed by atoms with Crippen LogP contribution in [-0.4, -0.2) is 11.5 Å². The van der Waals surface area contributed by atoms with Crippen LogP contribution in [-0.2, 0) is 6.42 Å². The van der Waals surface area contributed by atoms with Gasteiger partial charge in [0.15, 0.2) is 5.13 Å². The number of hydrogen-bond acceptors (Lipinski definition) is 3. The molecular formula is C14H18N2S. The molecule has 0 bridgehead atoms. The predicted octanol–water partition coefficient (Wildman–Crippen LogP) is 3.72. The summed E-state index contributed by atoms with van der Waals surface area (Å²) in [5.41, 5.74) is 3.90. The van der Waals surface area contributed by atoms with Crippen LogP contribution in [0.3, 0.4) is 0 Å². The predicted molar refractivity (Wildman–Crippen MR) is 75.0 cm³/mol. The van der Waals surface area contributed by atoms with E-state index in [-0.39, 0.29) is 0 Å². The molecule has 0 spiro atoms. The molecule has 1 aromatic heterocycles. The second kappa shape index (κ2) is 5.32. The van der Waals surface area contributed by atoms with Gasteiger partial charge >= 0.3 is 0 Å². The maximum atomic E-state index is 4.47. The summed E-state index contributed by atoms with van der Waals surface area (Å²) in [6, 6.07) is 8.53. The normalized spacial score (nSPS) is 10.5. The zero-order valence-electron chi connectivity index (χ0n) is 10.6. The molecule has 0 aliphatic carbocycles. The molecule has 2 nitrogen and oxygen atoms in total. The summed E-state index contributed by atoms with van der Waals surface area (Å²) in [7, 11) is 0. The van der Waals surface area contributed by atoms with Crippen LogP contribution in [0.25, 0.3) is 0 Å². The lowest BCUT2D eigenvalue weighted by Crippen LogP contribution is -2.05. The molecule has 2 aromatic rings. The summed E-state index contributed by atoms with van der Waals surface area (Å²) >= 11 is 1.73. The molecule has 0 fully saturated rings. The third-order valence-corrected chi connectivity index (χ3v) is 3.99. The molecule has 0 unspecified atom stereocenters. The Kier molecular flexibility index (Phi) is 3.79. The average Bonchev–Trinajstić information content (AvgIpc) is 2.61. The van der Waals surface area contributed by atoms with Crippen LogP contribution in [0.5, 0.6) is 0 Å². The molecule has 17 heavy (non-hydrogen) atoms. The summed E-state index contributed by atoms with van der Waals surface area (Å²) in [4.78, 5) is 5.77. The SMILES string of the molecule is Cc1ccccc1CCNc1nc(C)c(C)s1. The number of anilines is 1. The van der Waals surface area contributed by atoms with Crippen LogP contribution in [0.15, 0.2) is 24.3 Å². The number of hydrogen-bond donors (Lipinski definition) is 1. The number of aromatic nitrogens is 1. The first-order chi connectivity index (χ1) is 8.16. The van der Waals surface area contributed by atoms with Gasteiger partial charge in [-0.25, -0.2) is 4.98 Å². The fourth-order valence-corrected chi connectivity index (χ4v) is 2.58. The van der Waals surface area contributed by atoms with Gasteiger partial charge in [-0.15, -0.1) is 11.3 Å². The van der Waals surface area contributed by atoms with Gasteiger partial charge in [0, 0.05) is 11.4 Å². The molecule has 0 amide bonds. The molecule has 1 heterocycles. The summed E-state index contributed by atoms with van der Waals surface area (Å²) in [5.74, 6) is 0. The van der Waals surface area contributed by atoms with Gasteiger partial charge in [0.05, 0.1) is 5.69 Å². The summed E-state index contributed by atoms with van der Waals surface area (Å²) in [6.45, 7) is 7.27. The Bertz CT molecular complexity index is 483. The Morgan fingerprint density at radius 1 is 1.18 bits per heavy atom. The van der Waals surface area contributed by atoms with Crippen molar-refractivity contribution in [2.75, 3.05) is 11.9 Å². The van der Waals surface area contributed by atoms with Crippen LogP contribution in [0.2, 0.25) is 0 Å². The topological polar surface area (TPSA) is 24.9 Å². The van der Waals surface area contributed by atoms with Crippen LogP contribution >= 0.6 is 11.3 Å². The number of nitrogens with one attached hydrogen (secondary N) is 1. The lowest BCUT2D eigenvalue weighted by molar-refractivity contribution is 0.999. The summed E-state index contributed by atoms with van der Waals surface area (Å²) < 4.78 is 0. The van der Waals surface area contributed by atoms with E-state index in [1.807, 2.05) is 0 Å². The Labute approximate surface area is 107 Å². The molecule has 1 N–H and O–H groups in total. The molecule has 2 rings (SSSR count). The lowest BCUT2D eigenvalue weighted by Gasteiger charge is -2.05. The molecule has 0 saturated heterocycles. The van der Waals surface area contributed by atoms with Crippen molar-refractivity contribution in [1.82, 2.24) is 4.98 Å². The van der Waals surface area contributed by atoms with Crippen molar-refractivity contribution in [3.05, 3.63) is 46.0 Å². The van der Waals surface area contributed by atoms with Crippen molar-refractivity contribution in [3.63, 3.8) is 0 Å². The van der Waals surface area contributed by atoms with Gasteiger partial charge in [-0.1, -0.05) is 24.3 Å². The van der Waals surface area contributed by atoms with Gasteiger partial charge < -0.3 is 5.32 Å². The largest absolute Gasteiger partial charge is 0.361 e. The molecular weight excluding hydrogens is 228 g/mol. The Balaban J connectivity index is 1.90. The summed E-state index contributed by atoms with van der Waals surface area (Å²) in [5, 5.41) is 4.43. The second-order valence-electron chi connectivity index (χ2n) is 4.26. The molecule has 0 aliphatic heterocycles. The van der Waals surface area contributed by atoms with E-state index in [1.165, 1.54) is 16.0 Å². The van der Waals surface area contributed by atoms with Crippen molar-refractivity contribution < 1.29 is 0 Å². The maximum Gasteiger partial charge on any atom is 0.183 e. The van der Waals surface area contributed by atoms with Gasteiger partial charge in [-0.05, 0) is 38.3 Å². The van der Waals surface area contributed by atoms with E-state index >= 15 is 0 Å². The molecule has 0 aliphatic rings. The fraction of sp³-hybridized carbons (Fsp3) is 0.357. The van der Waals surface area contributed by atoms with Gasteiger partial charge in [0.2, 0.25) is 0 Å². The minimum atomic E-state index is 0.942. The Hall–Kier alpha value is -1.35. The number of nitrogens with zero attached hydrogens (tertiary/aromatic N) is 1.